The molecular weight excluding hydrogens is 304 g/mol. The number of hydrogen-bond donors (Lipinski definition) is 1. The zero-order valence-corrected chi connectivity index (χ0v) is 11.9. The van der Waals surface area contributed by atoms with Crippen LogP contribution in [-0.2, 0) is 14.8 Å². The van der Waals surface area contributed by atoms with Crippen LogP contribution in [0.15, 0.2) is 23.1 Å². The van der Waals surface area contributed by atoms with Gasteiger partial charge < -0.3 is 5.11 Å². The highest BCUT2D eigenvalue weighted by molar-refractivity contribution is 7.89. The summed E-state index contributed by atoms with van der Waals surface area (Å²) in [5, 5.41) is 8.90. The quantitative estimate of drug-likeness (QED) is 0.900. The van der Waals surface area contributed by atoms with Gasteiger partial charge in [-0.05, 0) is 25.0 Å². The highest BCUT2D eigenvalue weighted by Gasteiger charge is 2.37. The molecule has 0 unspecified atom stereocenters. The van der Waals surface area contributed by atoms with Gasteiger partial charge in [0.25, 0.3) is 0 Å². The van der Waals surface area contributed by atoms with Crippen LogP contribution >= 0.6 is 0 Å². The van der Waals surface area contributed by atoms with Crippen LogP contribution in [-0.4, -0.2) is 36.4 Å². The third kappa shape index (κ3) is 3.21. The summed E-state index contributed by atoms with van der Waals surface area (Å²) in [5.41, 5.74) is 0. The Bertz CT molecular complexity index is 621. The summed E-state index contributed by atoms with van der Waals surface area (Å²) in [5.74, 6) is -3.80. The molecule has 0 aliphatic heterocycles. The molecule has 1 saturated carbocycles. The number of hydrogen-bond acceptors (Lipinski definition) is 3. The van der Waals surface area contributed by atoms with Crippen molar-refractivity contribution in [2.75, 3.05) is 6.54 Å². The van der Waals surface area contributed by atoms with Gasteiger partial charge >= 0.3 is 5.97 Å². The number of benzene rings is 1. The Labute approximate surface area is 121 Å². The third-order valence-electron chi connectivity index (χ3n) is 3.51. The standard InChI is InChI=1S/C13H15F2NO4S/c14-10-6-3-7-11(15)13(10)21(19,20)16(8-12(17)18)9-4-1-2-5-9/h3,6-7,9H,1-2,4-5,8H2,(H,17,18). The Morgan fingerprint density at radius 3 is 2.24 bits per heavy atom. The summed E-state index contributed by atoms with van der Waals surface area (Å²) < 4.78 is 53.1. The van der Waals surface area contributed by atoms with Gasteiger partial charge in [0.2, 0.25) is 10.0 Å². The van der Waals surface area contributed by atoms with Crippen molar-refractivity contribution in [1.29, 1.82) is 0 Å². The molecule has 1 aliphatic rings. The highest BCUT2D eigenvalue weighted by Crippen LogP contribution is 2.30. The number of carbonyl (C=O) groups is 1. The molecule has 1 aromatic carbocycles. The van der Waals surface area contributed by atoms with Gasteiger partial charge in [-0.25, -0.2) is 17.2 Å². The largest absolute Gasteiger partial charge is 0.480 e. The second-order valence-corrected chi connectivity index (χ2v) is 6.76. The van der Waals surface area contributed by atoms with Gasteiger partial charge in [0, 0.05) is 6.04 Å². The van der Waals surface area contributed by atoms with E-state index in [0.29, 0.717) is 17.1 Å². The lowest BCUT2D eigenvalue weighted by atomic mass is 10.2. The molecule has 0 bridgehead atoms. The highest BCUT2D eigenvalue weighted by atomic mass is 32.2. The fraction of sp³-hybridized carbons (Fsp3) is 0.462. The molecule has 2 rings (SSSR count). The SMILES string of the molecule is O=C(O)CN(C1CCCC1)S(=O)(=O)c1c(F)cccc1F. The smallest absolute Gasteiger partial charge is 0.318 e. The molecule has 5 nitrogen and oxygen atoms in total. The first-order chi connectivity index (χ1) is 9.84. The van der Waals surface area contributed by atoms with Crippen LogP contribution in [0.1, 0.15) is 25.7 Å². The van der Waals surface area contributed by atoms with E-state index in [0.717, 1.165) is 31.0 Å². The molecule has 0 atom stereocenters. The molecule has 0 aromatic heterocycles. The van der Waals surface area contributed by atoms with Gasteiger partial charge in [-0.3, -0.25) is 4.79 Å². The van der Waals surface area contributed by atoms with Crippen LogP contribution in [0.2, 0.25) is 0 Å². The van der Waals surface area contributed by atoms with E-state index in [1.807, 2.05) is 0 Å². The maximum absolute atomic E-state index is 13.7. The first-order valence-electron chi connectivity index (χ1n) is 6.51. The number of rotatable bonds is 5. The molecule has 1 aromatic rings. The molecule has 1 N–H and O–H groups in total. The first kappa shape index (κ1) is 15.8. The van der Waals surface area contributed by atoms with Gasteiger partial charge in [0.1, 0.15) is 18.2 Å². The van der Waals surface area contributed by atoms with Crippen molar-refractivity contribution < 1.29 is 27.1 Å². The van der Waals surface area contributed by atoms with E-state index in [1.165, 1.54) is 0 Å². The van der Waals surface area contributed by atoms with Crippen molar-refractivity contribution in [1.82, 2.24) is 4.31 Å². The Kier molecular flexibility index (Phi) is 4.58. The lowest BCUT2D eigenvalue weighted by molar-refractivity contribution is -0.137. The predicted octanol–water partition coefficient (Wildman–Crippen LogP) is 1.98. The van der Waals surface area contributed by atoms with Crippen LogP contribution in [0.5, 0.6) is 0 Å². The number of carboxylic acid groups (broad SMARTS) is 1. The van der Waals surface area contributed by atoms with E-state index in [4.69, 9.17) is 5.11 Å². The maximum Gasteiger partial charge on any atom is 0.318 e. The van der Waals surface area contributed by atoms with Crippen molar-refractivity contribution in [2.45, 2.75) is 36.6 Å². The average Bonchev–Trinajstić information content (AvgIpc) is 2.88. The molecule has 0 heterocycles. The van der Waals surface area contributed by atoms with Crippen molar-refractivity contribution in [2.24, 2.45) is 0 Å². The van der Waals surface area contributed by atoms with Crippen LogP contribution < -0.4 is 0 Å². The van der Waals surface area contributed by atoms with Gasteiger partial charge in [0.05, 0.1) is 0 Å². The van der Waals surface area contributed by atoms with E-state index in [-0.39, 0.29) is 0 Å². The number of sulfonamides is 1. The van der Waals surface area contributed by atoms with Crippen LogP contribution in [0.25, 0.3) is 0 Å². The van der Waals surface area contributed by atoms with E-state index in [1.54, 1.807) is 0 Å². The second kappa shape index (κ2) is 6.07. The molecule has 116 valence electrons. The second-order valence-electron chi connectivity index (χ2n) is 4.93. The van der Waals surface area contributed by atoms with Gasteiger partial charge in [-0.2, -0.15) is 4.31 Å². The topological polar surface area (TPSA) is 74.7 Å². The summed E-state index contributed by atoms with van der Waals surface area (Å²) in [6.45, 7) is -0.805. The Balaban J connectivity index is 2.48. The molecule has 21 heavy (non-hydrogen) atoms. The Morgan fingerprint density at radius 2 is 1.76 bits per heavy atom. The van der Waals surface area contributed by atoms with Gasteiger partial charge in [-0.1, -0.05) is 18.9 Å². The fourth-order valence-corrected chi connectivity index (χ4v) is 4.33. The summed E-state index contributed by atoms with van der Waals surface area (Å²) in [6.07, 6.45) is 2.50. The predicted molar refractivity (Wildman–Crippen MR) is 70.1 cm³/mol. The van der Waals surface area contributed by atoms with E-state index < -0.39 is 45.1 Å². The molecule has 1 fully saturated rings. The van der Waals surface area contributed by atoms with Crippen LogP contribution in [0.4, 0.5) is 8.78 Å². The minimum Gasteiger partial charge on any atom is -0.480 e. The molecule has 0 amide bonds. The van der Waals surface area contributed by atoms with Crippen molar-refractivity contribution >= 4 is 16.0 Å². The van der Waals surface area contributed by atoms with E-state index in [9.17, 15) is 22.0 Å². The zero-order chi connectivity index (χ0) is 15.6. The summed E-state index contributed by atoms with van der Waals surface area (Å²) in [7, 11) is -4.54. The number of halogens is 2. The number of aliphatic carboxylic acids is 1. The lowest BCUT2D eigenvalue weighted by Gasteiger charge is -2.26. The molecule has 1 aliphatic carbocycles. The monoisotopic (exact) mass is 319 g/mol. The van der Waals surface area contributed by atoms with Crippen molar-refractivity contribution in [3.05, 3.63) is 29.8 Å². The Morgan fingerprint density at radius 1 is 1.24 bits per heavy atom. The molecular formula is C13H15F2NO4S. The number of nitrogens with zero attached hydrogens (tertiary/aromatic N) is 1. The number of carboxylic acids is 1. The van der Waals surface area contributed by atoms with Crippen molar-refractivity contribution in [3.8, 4) is 0 Å². The van der Waals surface area contributed by atoms with Gasteiger partial charge in [0.15, 0.2) is 4.90 Å². The third-order valence-corrected chi connectivity index (χ3v) is 5.46. The maximum atomic E-state index is 13.7. The molecule has 0 spiro atoms. The van der Waals surface area contributed by atoms with E-state index in [2.05, 4.69) is 0 Å². The molecule has 8 heteroatoms. The molecule has 0 saturated heterocycles. The normalized spacial score (nSPS) is 16.5. The minimum atomic E-state index is -4.54. The van der Waals surface area contributed by atoms with E-state index >= 15 is 0 Å². The zero-order valence-electron chi connectivity index (χ0n) is 11.1. The fourth-order valence-electron chi connectivity index (χ4n) is 2.58. The average molecular weight is 319 g/mol. The van der Waals surface area contributed by atoms with Crippen LogP contribution in [0.3, 0.4) is 0 Å². The summed E-state index contributed by atoms with van der Waals surface area (Å²) in [4.78, 5) is 9.84. The Hall–Kier alpha value is -1.54. The lowest BCUT2D eigenvalue weighted by Crippen LogP contribution is -2.42. The summed E-state index contributed by atoms with van der Waals surface area (Å²) >= 11 is 0. The first-order valence-corrected chi connectivity index (χ1v) is 7.95. The minimum absolute atomic E-state index is 0.489. The van der Waals surface area contributed by atoms with Crippen LogP contribution in [0, 0.1) is 11.6 Å². The molecule has 0 radical (unpaired) electrons. The summed E-state index contributed by atoms with van der Waals surface area (Å²) in [6, 6.07) is 2.19. The van der Waals surface area contributed by atoms with Crippen molar-refractivity contribution in [3.63, 3.8) is 0 Å². The van der Waals surface area contributed by atoms with Gasteiger partial charge in [-0.15, -0.1) is 0 Å².